The van der Waals surface area contributed by atoms with Crippen LogP contribution in [0.2, 0.25) is 0 Å². The van der Waals surface area contributed by atoms with E-state index in [2.05, 4.69) is 4.98 Å². The zero-order chi connectivity index (χ0) is 20.7. The van der Waals surface area contributed by atoms with E-state index in [0.717, 1.165) is 21.2 Å². The molecule has 0 spiro atoms. The van der Waals surface area contributed by atoms with Crippen LogP contribution in [0.15, 0.2) is 87.3 Å². The van der Waals surface area contributed by atoms with Gasteiger partial charge in [0.15, 0.2) is 18.1 Å². The molecule has 0 fully saturated rings. The molecule has 0 radical (unpaired) electrons. The van der Waals surface area contributed by atoms with E-state index in [9.17, 15) is 9.59 Å². The zero-order valence-electron chi connectivity index (χ0n) is 15.9. The van der Waals surface area contributed by atoms with Gasteiger partial charge in [-0.2, -0.15) is 0 Å². The van der Waals surface area contributed by atoms with Gasteiger partial charge in [-0.25, -0.2) is 9.78 Å². The fraction of sp³-hybridized carbons (Fsp3) is 0.0870. The molecule has 6 nitrogen and oxygen atoms in total. The number of carbonyl (C=O) groups is 2. The number of oxazole rings is 1. The van der Waals surface area contributed by atoms with E-state index < -0.39 is 12.1 Å². The molecule has 0 saturated carbocycles. The van der Waals surface area contributed by atoms with Gasteiger partial charge in [-0.05, 0) is 43.3 Å². The van der Waals surface area contributed by atoms with Crippen LogP contribution in [0.25, 0.3) is 11.1 Å². The van der Waals surface area contributed by atoms with Crippen LogP contribution in [-0.2, 0) is 9.53 Å². The normalized spacial score (nSPS) is 13.4. The first kappa shape index (κ1) is 18.4. The van der Waals surface area contributed by atoms with E-state index in [1.165, 1.54) is 6.39 Å². The van der Waals surface area contributed by atoms with Crippen molar-refractivity contribution in [2.24, 2.45) is 0 Å². The number of anilines is 2. The van der Waals surface area contributed by atoms with Gasteiger partial charge in [0.2, 0.25) is 0 Å². The van der Waals surface area contributed by atoms with Crippen molar-refractivity contribution in [2.45, 2.75) is 22.8 Å². The number of carbonyl (C=O) groups excluding carboxylic acids is 2. The Hall–Kier alpha value is -3.58. The molecular formula is C23H16N2O4S. The van der Waals surface area contributed by atoms with E-state index >= 15 is 0 Å². The number of amides is 1. The molecule has 1 atom stereocenters. The number of ether oxygens (including phenoxy) is 1. The van der Waals surface area contributed by atoms with Crippen LogP contribution in [0.1, 0.15) is 17.3 Å². The number of aromatic nitrogens is 1. The highest BCUT2D eigenvalue weighted by molar-refractivity contribution is 7.99. The van der Waals surface area contributed by atoms with Gasteiger partial charge in [0.25, 0.3) is 5.91 Å². The average molecular weight is 416 g/mol. The maximum Gasteiger partial charge on any atom is 0.341 e. The quantitative estimate of drug-likeness (QED) is 0.427. The molecule has 0 aliphatic carbocycles. The molecule has 30 heavy (non-hydrogen) atoms. The molecule has 1 amide bonds. The van der Waals surface area contributed by atoms with E-state index in [0.29, 0.717) is 11.1 Å². The third-order valence-corrected chi connectivity index (χ3v) is 5.99. The smallest absolute Gasteiger partial charge is 0.341 e. The molecule has 2 heterocycles. The number of esters is 1. The van der Waals surface area contributed by atoms with Crippen molar-refractivity contribution < 1.29 is 18.7 Å². The lowest BCUT2D eigenvalue weighted by Gasteiger charge is -2.32. The maximum absolute atomic E-state index is 13.4. The Labute approximate surface area is 176 Å². The topological polar surface area (TPSA) is 72.6 Å². The molecule has 3 aromatic carbocycles. The molecule has 1 aromatic heterocycles. The second-order valence-corrected chi connectivity index (χ2v) is 7.85. The Balaban J connectivity index is 1.46. The Bertz CT molecular complexity index is 1240. The van der Waals surface area contributed by atoms with E-state index in [4.69, 9.17) is 9.15 Å². The van der Waals surface area contributed by atoms with Crippen LogP contribution in [-0.4, -0.2) is 23.0 Å². The molecule has 7 heteroatoms. The van der Waals surface area contributed by atoms with Crippen molar-refractivity contribution in [2.75, 3.05) is 4.90 Å². The molecule has 5 rings (SSSR count). The molecule has 0 N–H and O–H groups in total. The first-order valence-corrected chi connectivity index (χ1v) is 10.2. The summed E-state index contributed by atoms with van der Waals surface area (Å²) in [6.45, 7) is 1.58. The number of hydrogen-bond acceptors (Lipinski definition) is 6. The highest BCUT2D eigenvalue weighted by atomic mass is 32.2. The van der Waals surface area contributed by atoms with E-state index in [1.54, 1.807) is 41.8 Å². The number of para-hydroxylation sites is 3. The summed E-state index contributed by atoms with van der Waals surface area (Å²) in [5.74, 6) is -0.945. The molecule has 148 valence electrons. The Morgan fingerprint density at radius 3 is 2.33 bits per heavy atom. The summed E-state index contributed by atoms with van der Waals surface area (Å²) in [6, 6.07) is 20.4. The molecular weight excluding hydrogens is 400 g/mol. The van der Waals surface area contributed by atoms with Gasteiger partial charge in [-0.15, -0.1) is 0 Å². The standard InChI is InChI=1S/C23H16N2O4S/c1-14(29-23(27)15-7-6-10-18-21(15)24-13-28-18)22(26)25-16-8-2-4-11-19(16)30-20-12-5-3-9-17(20)25/h2-14H,1H3. The van der Waals surface area contributed by atoms with E-state index in [-0.39, 0.29) is 11.5 Å². The van der Waals surface area contributed by atoms with Gasteiger partial charge in [-0.1, -0.05) is 42.1 Å². The molecule has 1 unspecified atom stereocenters. The summed E-state index contributed by atoms with van der Waals surface area (Å²) in [5.41, 5.74) is 2.70. The van der Waals surface area contributed by atoms with Gasteiger partial charge >= 0.3 is 5.97 Å². The highest BCUT2D eigenvalue weighted by Gasteiger charge is 2.32. The first-order chi connectivity index (χ1) is 14.6. The summed E-state index contributed by atoms with van der Waals surface area (Å²) in [7, 11) is 0. The lowest BCUT2D eigenvalue weighted by Crippen LogP contribution is -2.38. The van der Waals surface area contributed by atoms with Gasteiger partial charge in [0.1, 0.15) is 5.52 Å². The number of fused-ring (bicyclic) bond motifs is 3. The maximum atomic E-state index is 13.4. The van der Waals surface area contributed by atoms with Crippen molar-refractivity contribution in [3.63, 3.8) is 0 Å². The molecule has 0 saturated heterocycles. The van der Waals surface area contributed by atoms with Crippen LogP contribution >= 0.6 is 11.8 Å². The minimum absolute atomic E-state index is 0.260. The third kappa shape index (κ3) is 3.04. The predicted octanol–water partition coefficient (Wildman–Crippen LogP) is 5.20. The summed E-state index contributed by atoms with van der Waals surface area (Å²) in [4.78, 5) is 33.8. The van der Waals surface area contributed by atoms with Crippen LogP contribution in [0.3, 0.4) is 0 Å². The van der Waals surface area contributed by atoms with Crippen LogP contribution in [0.4, 0.5) is 11.4 Å². The molecule has 4 aromatic rings. The predicted molar refractivity (Wildman–Crippen MR) is 113 cm³/mol. The third-order valence-electron chi connectivity index (χ3n) is 4.86. The number of hydrogen-bond donors (Lipinski definition) is 0. The van der Waals surface area contributed by atoms with Crippen molar-refractivity contribution >= 4 is 46.1 Å². The summed E-state index contributed by atoms with van der Waals surface area (Å²) < 4.78 is 10.8. The van der Waals surface area contributed by atoms with Crippen LogP contribution < -0.4 is 4.90 Å². The highest BCUT2D eigenvalue weighted by Crippen LogP contribution is 2.48. The number of nitrogens with zero attached hydrogens (tertiary/aromatic N) is 2. The fourth-order valence-corrected chi connectivity index (χ4v) is 4.51. The van der Waals surface area contributed by atoms with Crippen molar-refractivity contribution in [1.82, 2.24) is 4.98 Å². The number of rotatable bonds is 3. The minimum atomic E-state index is -0.996. The monoisotopic (exact) mass is 416 g/mol. The van der Waals surface area contributed by atoms with Gasteiger partial charge < -0.3 is 9.15 Å². The lowest BCUT2D eigenvalue weighted by molar-refractivity contribution is -0.125. The second kappa shape index (κ2) is 7.35. The molecule has 1 aliphatic heterocycles. The minimum Gasteiger partial charge on any atom is -0.449 e. The van der Waals surface area contributed by atoms with Gasteiger partial charge in [-0.3, -0.25) is 9.69 Å². The summed E-state index contributed by atoms with van der Waals surface area (Å²) >= 11 is 1.61. The number of benzene rings is 3. The van der Waals surface area contributed by atoms with Gasteiger partial charge in [0, 0.05) is 9.79 Å². The van der Waals surface area contributed by atoms with Crippen molar-refractivity contribution in [3.05, 3.63) is 78.7 Å². The largest absolute Gasteiger partial charge is 0.449 e. The zero-order valence-corrected chi connectivity index (χ0v) is 16.8. The average Bonchev–Trinajstić information content (AvgIpc) is 3.25. The molecule has 0 bridgehead atoms. The SMILES string of the molecule is CC(OC(=O)c1cccc2ocnc12)C(=O)N1c2ccccc2Sc2ccccc21. The first-order valence-electron chi connectivity index (χ1n) is 9.36. The molecule has 1 aliphatic rings. The van der Waals surface area contributed by atoms with Crippen molar-refractivity contribution in [1.29, 1.82) is 0 Å². The Kier molecular flexibility index (Phi) is 4.52. The fourth-order valence-electron chi connectivity index (χ4n) is 3.45. The van der Waals surface area contributed by atoms with Crippen LogP contribution in [0.5, 0.6) is 0 Å². The summed E-state index contributed by atoms with van der Waals surface area (Å²) in [6.07, 6.45) is 0.277. The second-order valence-electron chi connectivity index (χ2n) is 6.76. The van der Waals surface area contributed by atoms with Crippen LogP contribution in [0, 0.1) is 0 Å². The van der Waals surface area contributed by atoms with Crippen molar-refractivity contribution in [3.8, 4) is 0 Å². The Morgan fingerprint density at radius 1 is 0.967 bits per heavy atom. The van der Waals surface area contributed by atoms with Gasteiger partial charge in [0.05, 0.1) is 16.9 Å². The lowest BCUT2D eigenvalue weighted by atomic mass is 10.2. The van der Waals surface area contributed by atoms with E-state index in [1.807, 2.05) is 48.5 Å². The Morgan fingerprint density at radius 2 is 1.63 bits per heavy atom. The summed E-state index contributed by atoms with van der Waals surface area (Å²) in [5, 5.41) is 0.